The molecule has 0 saturated heterocycles. The van der Waals surface area contributed by atoms with E-state index in [9.17, 15) is 0 Å². The lowest BCUT2D eigenvalue weighted by molar-refractivity contribution is 0.477. The van der Waals surface area contributed by atoms with E-state index in [-0.39, 0.29) is 6.04 Å². The first kappa shape index (κ1) is 9.29. The third-order valence-corrected chi connectivity index (χ3v) is 2.08. The van der Waals surface area contributed by atoms with Crippen molar-refractivity contribution in [1.29, 1.82) is 0 Å². The second-order valence-corrected chi connectivity index (χ2v) is 3.31. The van der Waals surface area contributed by atoms with Gasteiger partial charge in [0.1, 0.15) is 0 Å². The number of H-pyrrole nitrogens is 1. The molecule has 2 unspecified atom stereocenters. The van der Waals surface area contributed by atoms with E-state index in [2.05, 4.69) is 11.9 Å². The monoisotopic (exact) mass is 167 g/mol. The predicted octanol–water partition coefficient (Wildman–Crippen LogP) is 0.999. The fraction of sp³-hybridized carbons (Fsp3) is 0.556. The van der Waals surface area contributed by atoms with Gasteiger partial charge < -0.3 is 16.5 Å². The van der Waals surface area contributed by atoms with Crippen molar-refractivity contribution in [2.45, 2.75) is 19.4 Å². The Bertz CT molecular complexity index is 206. The third kappa shape index (κ3) is 2.36. The van der Waals surface area contributed by atoms with Crippen LogP contribution in [-0.2, 0) is 0 Å². The van der Waals surface area contributed by atoms with E-state index in [4.69, 9.17) is 11.5 Å². The Morgan fingerprint density at radius 3 is 2.83 bits per heavy atom. The number of nitrogens with two attached hydrogens (primary N) is 2. The van der Waals surface area contributed by atoms with Crippen LogP contribution in [-0.4, -0.2) is 11.5 Å². The van der Waals surface area contributed by atoms with Crippen LogP contribution in [0.2, 0.25) is 0 Å². The lowest BCUT2D eigenvalue weighted by Gasteiger charge is -2.14. The first-order valence-corrected chi connectivity index (χ1v) is 4.33. The summed E-state index contributed by atoms with van der Waals surface area (Å²) in [5.74, 6) is 0.489. The minimum atomic E-state index is 0.0959. The van der Waals surface area contributed by atoms with Gasteiger partial charge in [-0.3, -0.25) is 0 Å². The third-order valence-electron chi connectivity index (χ3n) is 2.08. The average Bonchev–Trinajstić information content (AvgIpc) is 2.56. The van der Waals surface area contributed by atoms with Gasteiger partial charge in [-0.2, -0.15) is 0 Å². The van der Waals surface area contributed by atoms with Crippen LogP contribution < -0.4 is 11.5 Å². The highest BCUT2D eigenvalue weighted by molar-refractivity contribution is 5.08. The molecule has 0 saturated carbocycles. The van der Waals surface area contributed by atoms with Crippen LogP contribution >= 0.6 is 0 Å². The molecule has 0 radical (unpaired) electrons. The Morgan fingerprint density at radius 2 is 2.33 bits per heavy atom. The van der Waals surface area contributed by atoms with Crippen LogP contribution in [0.15, 0.2) is 18.3 Å². The van der Waals surface area contributed by atoms with E-state index in [1.807, 2.05) is 18.3 Å². The number of nitrogens with one attached hydrogen (secondary N) is 1. The summed E-state index contributed by atoms with van der Waals surface area (Å²) in [6, 6.07) is 4.06. The number of hydrogen-bond donors (Lipinski definition) is 3. The van der Waals surface area contributed by atoms with Crippen molar-refractivity contribution in [3.05, 3.63) is 24.0 Å². The van der Waals surface area contributed by atoms with Gasteiger partial charge in [0.2, 0.25) is 0 Å². The SMILES string of the molecule is CC(CN)CC(N)c1ccc[nH]1. The molecule has 0 aliphatic heterocycles. The second-order valence-electron chi connectivity index (χ2n) is 3.31. The van der Waals surface area contributed by atoms with Crippen molar-refractivity contribution in [2.75, 3.05) is 6.54 Å². The zero-order chi connectivity index (χ0) is 8.97. The number of rotatable bonds is 4. The smallest absolute Gasteiger partial charge is 0.0450 e. The van der Waals surface area contributed by atoms with E-state index in [1.165, 1.54) is 0 Å². The van der Waals surface area contributed by atoms with Crippen LogP contribution in [0.25, 0.3) is 0 Å². The molecule has 1 aromatic heterocycles. The van der Waals surface area contributed by atoms with E-state index >= 15 is 0 Å². The van der Waals surface area contributed by atoms with Crippen molar-refractivity contribution in [2.24, 2.45) is 17.4 Å². The summed E-state index contributed by atoms with van der Waals surface area (Å²) in [5.41, 5.74) is 12.5. The van der Waals surface area contributed by atoms with Gasteiger partial charge in [0, 0.05) is 17.9 Å². The summed E-state index contributed by atoms with van der Waals surface area (Å²) >= 11 is 0. The Balaban J connectivity index is 2.44. The molecule has 68 valence electrons. The molecular weight excluding hydrogens is 150 g/mol. The minimum absolute atomic E-state index is 0.0959. The highest BCUT2D eigenvalue weighted by atomic mass is 14.8. The van der Waals surface area contributed by atoms with Gasteiger partial charge >= 0.3 is 0 Å². The first-order chi connectivity index (χ1) is 5.74. The molecule has 0 spiro atoms. The lowest BCUT2D eigenvalue weighted by atomic mass is 10.0. The molecule has 0 aliphatic carbocycles. The van der Waals surface area contributed by atoms with Crippen LogP contribution in [0.5, 0.6) is 0 Å². The molecule has 1 aromatic rings. The molecular formula is C9H17N3. The lowest BCUT2D eigenvalue weighted by Crippen LogP contribution is -2.19. The first-order valence-electron chi connectivity index (χ1n) is 4.33. The van der Waals surface area contributed by atoms with E-state index < -0.39 is 0 Å². The Kier molecular flexibility index (Phi) is 3.31. The summed E-state index contributed by atoms with van der Waals surface area (Å²) in [6.45, 7) is 2.82. The van der Waals surface area contributed by atoms with Crippen LogP contribution in [0.1, 0.15) is 25.1 Å². The number of aromatic nitrogens is 1. The highest BCUT2D eigenvalue weighted by Gasteiger charge is 2.09. The fourth-order valence-electron chi connectivity index (χ4n) is 1.23. The van der Waals surface area contributed by atoms with Gasteiger partial charge in [0.15, 0.2) is 0 Å². The van der Waals surface area contributed by atoms with Gasteiger partial charge in [-0.25, -0.2) is 0 Å². The maximum atomic E-state index is 5.93. The predicted molar refractivity (Wildman–Crippen MR) is 50.6 cm³/mol. The van der Waals surface area contributed by atoms with Crippen molar-refractivity contribution in [3.63, 3.8) is 0 Å². The maximum Gasteiger partial charge on any atom is 0.0450 e. The quantitative estimate of drug-likeness (QED) is 0.626. The molecule has 0 aliphatic rings. The number of hydrogen-bond acceptors (Lipinski definition) is 2. The molecule has 1 rings (SSSR count). The number of aromatic amines is 1. The molecule has 2 atom stereocenters. The van der Waals surface area contributed by atoms with Gasteiger partial charge in [-0.15, -0.1) is 0 Å². The molecule has 3 heteroatoms. The Labute approximate surface area is 73.1 Å². The summed E-state index contributed by atoms with van der Waals surface area (Å²) in [6.07, 6.45) is 2.83. The molecule has 0 aromatic carbocycles. The van der Waals surface area contributed by atoms with E-state index in [0.717, 1.165) is 12.1 Å². The summed E-state index contributed by atoms with van der Waals surface area (Å²) in [4.78, 5) is 3.10. The topological polar surface area (TPSA) is 67.8 Å². The molecule has 1 heterocycles. The van der Waals surface area contributed by atoms with Crippen LogP contribution in [0.4, 0.5) is 0 Å². The standard InChI is InChI=1S/C9H17N3/c1-7(6-10)5-8(11)9-3-2-4-12-9/h2-4,7-8,12H,5-6,10-11H2,1H3. The molecule has 0 fully saturated rings. The van der Waals surface area contributed by atoms with Crippen LogP contribution in [0.3, 0.4) is 0 Å². The van der Waals surface area contributed by atoms with Crippen molar-refractivity contribution < 1.29 is 0 Å². The van der Waals surface area contributed by atoms with Crippen molar-refractivity contribution in [3.8, 4) is 0 Å². The van der Waals surface area contributed by atoms with Gasteiger partial charge in [0.25, 0.3) is 0 Å². The largest absolute Gasteiger partial charge is 0.364 e. The second kappa shape index (κ2) is 4.28. The van der Waals surface area contributed by atoms with Crippen molar-refractivity contribution >= 4 is 0 Å². The Morgan fingerprint density at radius 1 is 1.58 bits per heavy atom. The van der Waals surface area contributed by atoms with Crippen LogP contribution in [0, 0.1) is 5.92 Å². The average molecular weight is 167 g/mol. The highest BCUT2D eigenvalue weighted by Crippen LogP contribution is 2.15. The molecule has 3 nitrogen and oxygen atoms in total. The van der Waals surface area contributed by atoms with Gasteiger partial charge in [-0.1, -0.05) is 6.92 Å². The normalized spacial score (nSPS) is 15.9. The summed E-state index contributed by atoms with van der Waals surface area (Å²) in [5, 5.41) is 0. The summed E-state index contributed by atoms with van der Waals surface area (Å²) in [7, 11) is 0. The molecule has 0 amide bonds. The maximum absolute atomic E-state index is 5.93. The van der Waals surface area contributed by atoms with Crippen molar-refractivity contribution in [1.82, 2.24) is 4.98 Å². The van der Waals surface area contributed by atoms with E-state index in [1.54, 1.807) is 0 Å². The Hall–Kier alpha value is -0.800. The fourth-order valence-corrected chi connectivity index (χ4v) is 1.23. The van der Waals surface area contributed by atoms with Gasteiger partial charge in [-0.05, 0) is 31.0 Å². The van der Waals surface area contributed by atoms with E-state index in [0.29, 0.717) is 12.5 Å². The van der Waals surface area contributed by atoms with Gasteiger partial charge in [0.05, 0.1) is 0 Å². The summed E-state index contributed by atoms with van der Waals surface area (Å²) < 4.78 is 0. The molecule has 5 N–H and O–H groups in total. The zero-order valence-corrected chi connectivity index (χ0v) is 7.46. The zero-order valence-electron chi connectivity index (χ0n) is 7.46. The molecule has 12 heavy (non-hydrogen) atoms. The minimum Gasteiger partial charge on any atom is -0.364 e. The molecule has 0 bridgehead atoms.